The van der Waals surface area contributed by atoms with E-state index < -0.39 is 12.8 Å². The van der Waals surface area contributed by atoms with Gasteiger partial charge in [-0.2, -0.15) is 13.2 Å². The Labute approximate surface area is 97.9 Å². The van der Waals surface area contributed by atoms with Crippen LogP contribution in [0.15, 0.2) is 0 Å². The fraction of sp³-hybridized carbons (Fsp3) is 1.00. The molecule has 0 N–H and O–H groups in total. The number of ether oxygens (including phenoxy) is 1. The largest absolute Gasteiger partial charge is 0.411 e. The molecule has 0 aromatic rings. The first kappa shape index (κ1) is 15.3. The topological polar surface area (TPSA) is 9.23 Å². The Kier molecular flexibility index (Phi) is 6.96. The van der Waals surface area contributed by atoms with Crippen LogP contribution in [-0.2, 0) is 4.74 Å². The predicted molar refractivity (Wildman–Crippen MR) is 55.7 cm³/mol. The van der Waals surface area contributed by atoms with Crippen LogP contribution in [0.4, 0.5) is 13.2 Å². The maximum absolute atomic E-state index is 11.7. The summed E-state index contributed by atoms with van der Waals surface area (Å²) in [6.45, 7) is 0.735. The Morgan fingerprint density at radius 2 is 1.67 bits per heavy atom. The van der Waals surface area contributed by atoms with Crippen molar-refractivity contribution in [2.45, 2.75) is 25.9 Å². The normalized spacial score (nSPS) is 13.2. The molecule has 0 atom stereocenters. The fourth-order valence-corrected chi connectivity index (χ4v) is 1.94. The molecule has 92 valence electrons. The first-order chi connectivity index (χ1) is 6.89. The van der Waals surface area contributed by atoms with Crippen molar-refractivity contribution in [3.63, 3.8) is 0 Å². The molecule has 0 spiro atoms. The minimum atomic E-state index is -4.27. The van der Waals surface area contributed by atoms with E-state index in [2.05, 4.69) is 4.74 Å². The minimum Gasteiger partial charge on any atom is -0.372 e. The van der Waals surface area contributed by atoms with Crippen molar-refractivity contribution in [3.05, 3.63) is 0 Å². The summed E-state index contributed by atoms with van der Waals surface area (Å²) in [5.41, 5.74) is -0.311. The van der Waals surface area contributed by atoms with Gasteiger partial charge in [-0.15, -0.1) is 23.2 Å². The number of rotatable bonds is 7. The van der Waals surface area contributed by atoms with E-state index in [0.717, 1.165) is 6.42 Å². The van der Waals surface area contributed by atoms with Gasteiger partial charge in [0.2, 0.25) is 0 Å². The van der Waals surface area contributed by atoms with E-state index in [-0.39, 0.29) is 12.0 Å². The zero-order valence-electron chi connectivity index (χ0n) is 8.54. The van der Waals surface area contributed by atoms with E-state index in [0.29, 0.717) is 18.2 Å². The molecule has 6 heteroatoms. The third-order valence-electron chi connectivity index (χ3n) is 2.36. The molecule has 15 heavy (non-hydrogen) atoms. The highest BCUT2D eigenvalue weighted by atomic mass is 35.5. The van der Waals surface area contributed by atoms with Crippen molar-refractivity contribution in [1.29, 1.82) is 0 Å². The van der Waals surface area contributed by atoms with E-state index in [9.17, 15) is 13.2 Å². The number of hydrogen-bond acceptors (Lipinski definition) is 1. The molecule has 0 saturated heterocycles. The molecular formula is C9H15Cl2F3O. The molecule has 0 rings (SSSR count). The molecule has 0 fully saturated rings. The molecule has 0 radical (unpaired) electrons. The van der Waals surface area contributed by atoms with Crippen molar-refractivity contribution in [3.8, 4) is 0 Å². The Morgan fingerprint density at radius 1 is 1.13 bits per heavy atom. The highest BCUT2D eigenvalue weighted by molar-refractivity contribution is 6.21. The molecule has 0 aliphatic rings. The maximum Gasteiger partial charge on any atom is 0.411 e. The lowest BCUT2D eigenvalue weighted by Gasteiger charge is -2.27. The molecule has 1 nitrogen and oxygen atoms in total. The van der Waals surface area contributed by atoms with Gasteiger partial charge in [0, 0.05) is 18.4 Å². The van der Waals surface area contributed by atoms with Crippen LogP contribution in [0.5, 0.6) is 0 Å². The second-order valence-electron chi connectivity index (χ2n) is 3.54. The quantitative estimate of drug-likeness (QED) is 0.503. The van der Waals surface area contributed by atoms with Gasteiger partial charge < -0.3 is 4.74 Å². The monoisotopic (exact) mass is 266 g/mol. The predicted octanol–water partition coefficient (Wildman–Crippen LogP) is 3.83. The molecule has 0 saturated carbocycles. The summed E-state index contributed by atoms with van der Waals surface area (Å²) in [5, 5.41) is 0. The van der Waals surface area contributed by atoms with Gasteiger partial charge in [0.15, 0.2) is 0 Å². The zero-order valence-corrected chi connectivity index (χ0v) is 10.1. The highest BCUT2D eigenvalue weighted by Gasteiger charge is 2.29. The third-order valence-corrected chi connectivity index (χ3v) is 3.49. The van der Waals surface area contributed by atoms with Gasteiger partial charge in [-0.1, -0.05) is 6.92 Å². The van der Waals surface area contributed by atoms with Crippen LogP contribution in [0, 0.1) is 5.41 Å². The molecule has 0 heterocycles. The molecule has 0 bridgehead atoms. The van der Waals surface area contributed by atoms with Gasteiger partial charge >= 0.3 is 6.18 Å². The summed E-state index contributed by atoms with van der Waals surface area (Å²) < 4.78 is 39.7. The lowest BCUT2D eigenvalue weighted by molar-refractivity contribution is -0.175. The zero-order chi connectivity index (χ0) is 11.9. The van der Waals surface area contributed by atoms with E-state index in [1.165, 1.54) is 0 Å². The van der Waals surface area contributed by atoms with Crippen LogP contribution in [0.2, 0.25) is 0 Å². The van der Waals surface area contributed by atoms with Crippen molar-refractivity contribution in [2.75, 3.05) is 25.0 Å². The van der Waals surface area contributed by atoms with E-state index >= 15 is 0 Å². The second-order valence-corrected chi connectivity index (χ2v) is 4.07. The Bertz CT molecular complexity index is 161. The van der Waals surface area contributed by atoms with Crippen molar-refractivity contribution >= 4 is 23.2 Å². The molecule has 0 aromatic heterocycles. The number of alkyl halides is 5. The number of halogens is 5. The second kappa shape index (κ2) is 6.81. The number of hydrogen-bond donors (Lipinski definition) is 0. The van der Waals surface area contributed by atoms with Crippen LogP contribution in [-0.4, -0.2) is 31.2 Å². The summed E-state index contributed by atoms with van der Waals surface area (Å²) in [4.78, 5) is 0. The Balaban J connectivity index is 3.82. The van der Waals surface area contributed by atoms with Crippen LogP contribution >= 0.6 is 23.2 Å². The smallest absolute Gasteiger partial charge is 0.372 e. The van der Waals surface area contributed by atoms with Crippen molar-refractivity contribution in [1.82, 2.24) is 0 Å². The molecule has 0 aliphatic carbocycles. The van der Waals surface area contributed by atoms with Gasteiger partial charge in [0.25, 0.3) is 0 Å². The molecule has 0 aromatic carbocycles. The standard InChI is InChI=1S/C9H15Cl2F3O/c1-2-8(5-10,6-11)3-4-15-7-9(12,13)14/h2-7H2,1H3. The molecular weight excluding hydrogens is 252 g/mol. The van der Waals surface area contributed by atoms with Gasteiger partial charge in [-0.25, -0.2) is 0 Å². The summed E-state index contributed by atoms with van der Waals surface area (Å²) in [5.74, 6) is 0.671. The fourth-order valence-electron chi connectivity index (χ4n) is 1.01. The van der Waals surface area contributed by atoms with Gasteiger partial charge in [0.1, 0.15) is 6.61 Å². The molecule has 0 aliphatic heterocycles. The van der Waals surface area contributed by atoms with E-state index in [1.807, 2.05) is 6.92 Å². The van der Waals surface area contributed by atoms with Gasteiger partial charge in [-0.05, 0) is 18.3 Å². The highest BCUT2D eigenvalue weighted by Crippen LogP contribution is 2.30. The maximum atomic E-state index is 11.7. The van der Waals surface area contributed by atoms with Gasteiger partial charge in [-0.3, -0.25) is 0 Å². The van der Waals surface area contributed by atoms with Crippen molar-refractivity contribution < 1.29 is 17.9 Å². The van der Waals surface area contributed by atoms with Crippen LogP contribution in [0.25, 0.3) is 0 Å². The van der Waals surface area contributed by atoms with Crippen LogP contribution in [0.3, 0.4) is 0 Å². The SMILES string of the molecule is CCC(CCl)(CCl)CCOCC(F)(F)F. The van der Waals surface area contributed by atoms with E-state index in [1.54, 1.807) is 0 Å². The first-order valence-electron chi connectivity index (χ1n) is 4.65. The summed E-state index contributed by atoms with van der Waals surface area (Å²) in [6, 6.07) is 0. The molecule has 0 amide bonds. The molecule has 0 unspecified atom stereocenters. The Hall–Kier alpha value is 0.330. The lowest BCUT2D eigenvalue weighted by Crippen LogP contribution is -2.27. The summed E-state index contributed by atoms with van der Waals surface area (Å²) in [6.07, 6.45) is -3.08. The van der Waals surface area contributed by atoms with Crippen LogP contribution in [0.1, 0.15) is 19.8 Å². The first-order valence-corrected chi connectivity index (χ1v) is 5.72. The Morgan fingerprint density at radius 3 is 2.00 bits per heavy atom. The lowest BCUT2D eigenvalue weighted by atomic mass is 9.86. The average molecular weight is 267 g/mol. The van der Waals surface area contributed by atoms with Gasteiger partial charge in [0.05, 0.1) is 0 Å². The van der Waals surface area contributed by atoms with Crippen molar-refractivity contribution in [2.24, 2.45) is 5.41 Å². The average Bonchev–Trinajstić information content (AvgIpc) is 2.18. The van der Waals surface area contributed by atoms with E-state index in [4.69, 9.17) is 23.2 Å². The third kappa shape index (κ3) is 6.48. The van der Waals surface area contributed by atoms with Crippen LogP contribution < -0.4 is 0 Å². The minimum absolute atomic E-state index is 0.0345. The summed E-state index contributed by atoms with van der Waals surface area (Å²) in [7, 11) is 0. The summed E-state index contributed by atoms with van der Waals surface area (Å²) >= 11 is 11.5.